The molecule has 0 saturated heterocycles. The third kappa shape index (κ3) is 7.65. The molecule has 0 saturated carbocycles. The van der Waals surface area contributed by atoms with Crippen LogP contribution in [-0.2, 0) is 11.4 Å². The van der Waals surface area contributed by atoms with Gasteiger partial charge in [-0.3, -0.25) is 0 Å². The molecule has 4 rings (SSSR count). The van der Waals surface area contributed by atoms with E-state index in [1.807, 2.05) is 13.8 Å². The first-order valence-corrected chi connectivity index (χ1v) is 12.3. The molecule has 1 N–H and O–H groups in total. The number of oxazole rings is 1. The van der Waals surface area contributed by atoms with Gasteiger partial charge >= 0.3 is 18.3 Å². The van der Waals surface area contributed by atoms with E-state index < -0.39 is 18.9 Å². The first kappa shape index (κ1) is 29.2. The van der Waals surface area contributed by atoms with Gasteiger partial charge in [-0.05, 0) is 75.2 Å². The number of carboxylic acids is 1. The molecule has 10 nitrogen and oxygen atoms in total. The van der Waals surface area contributed by atoms with Crippen LogP contribution in [0.2, 0.25) is 0 Å². The average Bonchev–Trinajstić information content (AvgIpc) is 3.33. The summed E-state index contributed by atoms with van der Waals surface area (Å²) in [6.07, 6.45) is -1.95. The van der Waals surface area contributed by atoms with Gasteiger partial charge in [-0.1, -0.05) is 0 Å². The number of nitrogens with zero attached hydrogens (tertiary/aromatic N) is 3. The molecule has 0 spiro atoms. The highest BCUT2D eigenvalue weighted by Crippen LogP contribution is 2.35. The Kier molecular flexibility index (Phi) is 8.65. The Labute approximate surface area is 232 Å². The molecule has 0 unspecified atom stereocenters. The molecule has 0 aliphatic carbocycles. The first-order chi connectivity index (χ1) is 19.4. The standard InChI is InChI=1S/C28H26F3N3O7/c1-15(2)39-27-32-11-19(12-33-27)25-26(18-5-7-20(8-6-18)41-28(29,30)31)40-23(34-25)13-37-21-9-10-22(17(4)16(21)3)38-14-24(35)36/h5-12,15H,13-14H2,1-4H3,(H,35,36). The number of alkyl halides is 3. The Hall–Kier alpha value is -4.81. The number of aromatic nitrogens is 3. The van der Waals surface area contributed by atoms with E-state index in [1.165, 1.54) is 36.7 Å². The summed E-state index contributed by atoms with van der Waals surface area (Å²) >= 11 is 0. The molecule has 0 amide bonds. The van der Waals surface area contributed by atoms with Crippen LogP contribution in [0.25, 0.3) is 22.6 Å². The summed E-state index contributed by atoms with van der Waals surface area (Å²) in [5.74, 6) is -0.122. The third-order valence-electron chi connectivity index (χ3n) is 5.65. The van der Waals surface area contributed by atoms with Gasteiger partial charge in [0.05, 0.1) is 6.10 Å². The summed E-state index contributed by atoms with van der Waals surface area (Å²) in [5, 5.41) is 8.86. The molecule has 0 aliphatic heterocycles. The zero-order valence-electron chi connectivity index (χ0n) is 22.5. The normalized spacial score (nSPS) is 11.4. The van der Waals surface area contributed by atoms with E-state index in [4.69, 9.17) is 23.7 Å². The Morgan fingerprint density at radius 3 is 2.12 bits per heavy atom. The maximum atomic E-state index is 12.6. The van der Waals surface area contributed by atoms with Gasteiger partial charge in [0.15, 0.2) is 19.0 Å². The van der Waals surface area contributed by atoms with Crippen LogP contribution in [0.5, 0.6) is 23.3 Å². The van der Waals surface area contributed by atoms with Gasteiger partial charge < -0.3 is 28.5 Å². The van der Waals surface area contributed by atoms with E-state index in [0.29, 0.717) is 33.9 Å². The summed E-state index contributed by atoms with van der Waals surface area (Å²) in [6, 6.07) is 8.59. The molecular weight excluding hydrogens is 547 g/mol. The zero-order valence-corrected chi connectivity index (χ0v) is 22.5. The number of carboxylic acid groups (broad SMARTS) is 1. The molecular formula is C28H26F3N3O7. The second-order valence-corrected chi connectivity index (χ2v) is 9.06. The molecule has 41 heavy (non-hydrogen) atoms. The maximum absolute atomic E-state index is 12.6. The Balaban J connectivity index is 1.62. The van der Waals surface area contributed by atoms with Gasteiger partial charge in [-0.25, -0.2) is 19.7 Å². The van der Waals surface area contributed by atoms with Crippen molar-refractivity contribution in [1.82, 2.24) is 15.0 Å². The van der Waals surface area contributed by atoms with Crippen molar-refractivity contribution in [3.8, 4) is 45.8 Å². The van der Waals surface area contributed by atoms with E-state index in [2.05, 4.69) is 19.7 Å². The molecule has 0 fully saturated rings. The molecule has 2 aromatic carbocycles. The van der Waals surface area contributed by atoms with Crippen molar-refractivity contribution in [2.75, 3.05) is 6.61 Å². The van der Waals surface area contributed by atoms with Gasteiger partial charge in [0.2, 0.25) is 5.89 Å². The van der Waals surface area contributed by atoms with Crippen LogP contribution in [-0.4, -0.2) is 45.1 Å². The van der Waals surface area contributed by atoms with Crippen LogP contribution in [0.3, 0.4) is 0 Å². The maximum Gasteiger partial charge on any atom is 0.573 e. The van der Waals surface area contributed by atoms with Crippen molar-refractivity contribution in [2.45, 2.75) is 46.8 Å². The van der Waals surface area contributed by atoms with Crippen LogP contribution in [0.15, 0.2) is 53.2 Å². The molecule has 0 aliphatic rings. The molecule has 0 radical (unpaired) electrons. The number of aliphatic carboxylic acids is 1. The van der Waals surface area contributed by atoms with Crippen LogP contribution in [0, 0.1) is 13.8 Å². The number of ether oxygens (including phenoxy) is 4. The number of halogens is 3. The van der Waals surface area contributed by atoms with E-state index in [1.54, 1.807) is 26.0 Å². The lowest BCUT2D eigenvalue weighted by atomic mass is 10.1. The predicted molar refractivity (Wildman–Crippen MR) is 139 cm³/mol. The second-order valence-electron chi connectivity index (χ2n) is 9.06. The largest absolute Gasteiger partial charge is 0.573 e. The average molecular weight is 574 g/mol. The Morgan fingerprint density at radius 2 is 1.56 bits per heavy atom. The SMILES string of the molecule is Cc1c(OCC(=O)O)ccc(OCc2nc(-c3cnc(OC(C)C)nc3)c(-c3ccc(OC(F)(F)F)cc3)o2)c1C. The van der Waals surface area contributed by atoms with Gasteiger partial charge in [-0.15, -0.1) is 13.2 Å². The zero-order chi connectivity index (χ0) is 29.7. The van der Waals surface area contributed by atoms with Crippen molar-refractivity contribution in [2.24, 2.45) is 0 Å². The number of rotatable bonds is 11. The highest BCUT2D eigenvalue weighted by molar-refractivity contribution is 5.76. The molecule has 13 heteroatoms. The van der Waals surface area contributed by atoms with Crippen LogP contribution >= 0.6 is 0 Å². The van der Waals surface area contributed by atoms with Crippen molar-refractivity contribution in [3.63, 3.8) is 0 Å². The molecule has 0 bridgehead atoms. The monoisotopic (exact) mass is 573 g/mol. The van der Waals surface area contributed by atoms with E-state index in [-0.39, 0.29) is 36.1 Å². The predicted octanol–water partition coefficient (Wildman–Crippen LogP) is 6.14. The summed E-state index contributed by atoms with van der Waals surface area (Å²) in [5.41, 5.74) is 2.69. The van der Waals surface area contributed by atoms with Gasteiger partial charge in [-0.2, -0.15) is 0 Å². The van der Waals surface area contributed by atoms with Crippen molar-refractivity contribution in [3.05, 3.63) is 65.8 Å². The smallest absolute Gasteiger partial charge is 0.484 e. The second kappa shape index (κ2) is 12.1. The fourth-order valence-corrected chi connectivity index (χ4v) is 3.70. The van der Waals surface area contributed by atoms with Gasteiger partial charge in [0, 0.05) is 23.5 Å². The van der Waals surface area contributed by atoms with Crippen LogP contribution < -0.4 is 18.9 Å². The summed E-state index contributed by atoms with van der Waals surface area (Å²) in [6.45, 7) is 6.69. The quantitative estimate of drug-likeness (QED) is 0.223. The number of carbonyl (C=O) groups is 1. The summed E-state index contributed by atoms with van der Waals surface area (Å²) in [4.78, 5) is 23.8. The van der Waals surface area contributed by atoms with Crippen LogP contribution in [0.1, 0.15) is 30.9 Å². The number of hydrogen-bond donors (Lipinski definition) is 1. The van der Waals surface area contributed by atoms with Gasteiger partial charge in [0.1, 0.15) is 22.9 Å². The molecule has 0 atom stereocenters. The Bertz CT molecular complexity index is 1500. The lowest BCUT2D eigenvalue weighted by Crippen LogP contribution is -2.16. The summed E-state index contributed by atoms with van der Waals surface area (Å²) in [7, 11) is 0. The van der Waals surface area contributed by atoms with Crippen molar-refractivity contribution >= 4 is 5.97 Å². The van der Waals surface area contributed by atoms with E-state index in [0.717, 1.165) is 5.56 Å². The number of hydrogen-bond acceptors (Lipinski definition) is 9. The minimum Gasteiger partial charge on any atom is -0.484 e. The minimum atomic E-state index is -4.82. The fourth-order valence-electron chi connectivity index (χ4n) is 3.70. The molecule has 216 valence electrons. The minimum absolute atomic E-state index is 0.0900. The highest BCUT2D eigenvalue weighted by Gasteiger charge is 2.31. The topological polar surface area (TPSA) is 126 Å². The van der Waals surface area contributed by atoms with E-state index >= 15 is 0 Å². The van der Waals surface area contributed by atoms with Crippen molar-refractivity contribution in [1.29, 1.82) is 0 Å². The molecule has 2 aromatic heterocycles. The highest BCUT2D eigenvalue weighted by atomic mass is 19.4. The summed E-state index contributed by atoms with van der Waals surface area (Å²) < 4.78 is 64.5. The first-order valence-electron chi connectivity index (χ1n) is 12.3. The fraction of sp³-hybridized carbons (Fsp3) is 0.286. The molecule has 4 aromatic rings. The van der Waals surface area contributed by atoms with Gasteiger partial charge in [0.25, 0.3) is 0 Å². The lowest BCUT2D eigenvalue weighted by Gasteiger charge is -2.13. The van der Waals surface area contributed by atoms with E-state index in [9.17, 15) is 18.0 Å². The number of benzene rings is 2. The molecule has 2 heterocycles. The Morgan fingerprint density at radius 1 is 0.951 bits per heavy atom. The van der Waals surface area contributed by atoms with Crippen LogP contribution in [0.4, 0.5) is 13.2 Å². The third-order valence-corrected chi connectivity index (χ3v) is 5.65. The van der Waals surface area contributed by atoms with Crippen molar-refractivity contribution < 1.29 is 46.4 Å². The lowest BCUT2D eigenvalue weighted by molar-refractivity contribution is -0.274.